The van der Waals surface area contributed by atoms with Crippen LogP contribution in [0.4, 0.5) is 5.69 Å². The molecule has 1 unspecified atom stereocenters. The number of rotatable bonds is 4. The van der Waals surface area contributed by atoms with Crippen molar-refractivity contribution in [3.8, 4) is 0 Å². The lowest BCUT2D eigenvalue weighted by Crippen LogP contribution is -2.39. The minimum atomic E-state index is 0.423. The van der Waals surface area contributed by atoms with Crippen LogP contribution in [0, 0.1) is 13.8 Å². The molecule has 0 radical (unpaired) electrons. The molecule has 0 amide bonds. The maximum Gasteiger partial charge on any atom is 0.0828 e. The summed E-state index contributed by atoms with van der Waals surface area (Å²) in [5.74, 6) is 0. The Hall–Kier alpha value is -1.03. The molecule has 1 aromatic heterocycles. The predicted octanol–water partition coefficient (Wildman–Crippen LogP) is 2.63. The average molecular weight is 250 g/mol. The molecule has 0 aliphatic carbocycles. The summed E-state index contributed by atoms with van der Waals surface area (Å²) in [6.45, 7) is 10.7. The second-order valence-corrected chi connectivity index (χ2v) is 5.61. The van der Waals surface area contributed by atoms with E-state index in [9.17, 15) is 0 Å². The maximum absolute atomic E-state index is 4.61. The molecule has 1 aliphatic heterocycles. The zero-order chi connectivity index (χ0) is 13.1. The molecule has 0 saturated carbocycles. The average Bonchev–Trinajstić information content (AvgIpc) is 2.64. The molecule has 2 N–H and O–H groups in total. The molecule has 18 heavy (non-hydrogen) atoms. The fourth-order valence-electron chi connectivity index (χ4n) is 2.75. The first-order chi connectivity index (χ1) is 8.59. The smallest absolute Gasteiger partial charge is 0.0828 e. The lowest BCUT2D eigenvalue weighted by Gasteiger charge is -2.24. The van der Waals surface area contributed by atoms with Crippen molar-refractivity contribution in [3.05, 3.63) is 11.4 Å². The van der Waals surface area contributed by atoms with Gasteiger partial charge in [0.2, 0.25) is 0 Å². The monoisotopic (exact) mass is 250 g/mol. The molecule has 1 fully saturated rings. The molecule has 4 nitrogen and oxygen atoms in total. The van der Waals surface area contributed by atoms with Crippen LogP contribution < -0.4 is 10.6 Å². The molecule has 0 spiro atoms. The molecule has 0 bridgehead atoms. The van der Waals surface area contributed by atoms with E-state index in [0.717, 1.165) is 18.8 Å². The number of hydrogen-bond acceptors (Lipinski definition) is 3. The Balaban J connectivity index is 2.00. The first-order valence-corrected chi connectivity index (χ1v) is 7.12. The van der Waals surface area contributed by atoms with Gasteiger partial charge in [-0.1, -0.05) is 6.42 Å². The van der Waals surface area contributed by atoms with Crippen molar-refractivity contribution in [1.29, 1.82) is 0 Å². The van der Waals surface area contributed by atoms with Gasteiger partial charge in [-0.3, -0.25) is 4.68 Å². The van der Waals surface area contributed by atoms with Gasteiger partial charge in [0.15, 0.2) is 0 Å². The Kier molecular flexibility index (Phi) is 4.27. The Morgan fingerprint density at radius 2 is 2.17 bits per heavy atom. The van der Waals surface area contributed by atoms with Gasteiger partial charge in [-0.25, -0.2) is 0 Å². The molecule has 1 aliphatic rings. The molecular weight excluding hydrogens is 224 g/mol. The van der Waals surface area contributed by atoms with E-state index < -0.39 is 0 Å². The van der Waals surface area contributed by atoms with Crippen molar-refractivity contribution in [3.63, 3.8) is 0 Å². The zero-order valence-corrected chi connectivity index (χ0v) is 12.1. The minimum Gasteiger partial charge on any atom is -0.381 e. The van der Waals surface area contributed by atoms with Crippen molar-refractivity contribution < 1.29 is 0 Å². The second kappa shape index (κ2) is 5.74. The second-order valence-electron chi connectivity index (χ2n) is 5.61. The van der Waals surface area contributed by atoms with Gasteiger partial charge in [-0.2, -0.15) is 5.10 Å². The first-order valence-electron chi connectivity index (χ1n) is 7.12. The van der Waals surface area contributed by atoms with Crippen molar-refractivity contribution >= 4 is 5.69 Å². The normalized spacial score (nSPS) is 20.4. The van der Waals surface area contributed by atoms with E-state index >= 15 is 0 Å². The van der Waals surface area contributed by atoms with E-state index in [1.807, 2.05) is 0 Å². The van der Waals surface area contributed by atoms with Gasteiger partial charge in [0, 0.05) is 18.6 Å². The molecule has 1 saturated heterocycles. The van der Waals surface area contributed by atoms with E-state index in [4.69, 9.17) is 0 Å². The van der Waals surface area contributed by atoms with Gasteiger partial charge >= 0.3 is 0 Å². The highest BCUT2D eigenvalue weighted by Crippen LogP contribution is 2.22. The van der Waals surface area contributed by atoms with Gasteiger partial charge in [0.1, 0.15) is 0 Å². The van der Waals surface area contributed by atoms with Crippen LogP contribution in [-0.2, 0) is 0 Å². The number of nitrogens with one attached hydrogen (secondary N) is 2. The number of nitrogens with zero attached hydrogens (tertiary/aromatic N) is 2. The highest BCUT2D eigenvalue weighted by atomic mass is 15.3. The molecule has 0 aromatic carbocycles. The molecule has 1 aromatic rings. The third-order valence-electron chi connectivity index (χ3n) is 3.75. The number of aryl methyl sites for hydroxylation is 1. The Labute approximate surface area is 110 Å². The Morgan fingerprint density at radius 3 is 2.72 bits per heavy atom. The van der Waals surface area contributed by atoms with Crippen molar-refractivity contribution in [1.82, 2.24) is 15.1 Å². The third-order valence-corrected chi connectivity index (χ3v) is 3.75. The molecular formula is C14H26N4. The van der Waals surface area contributed by atoms with Crippen molar-refractivity contribution in [2.75, 3.05) is 18.4 Å². The summed E-state index contributed by atoms with van der Waals surface area (Å²) in [6.07, 6.45) is 3.95. The van der Waals surface area contributed by atoms with Crippen LogP contribution in [0.3, 0.4) is 0 Å². The largest absolute Gasteiger partial charge is 0.381 e. The number of hydrogen-bond donors (Lipinski definition) is 2. The van der Waals surface area contributed by atoms with Gasteiger partial charge in [-0.15, -0.1) is 0 Å². The number of piperidine rings is 1. The standard InChI is InChI=1S/C14H26N4/c1-10(2)18-12(4)14(11(3)17-18)16-9-13-7-5-6-8-15-13/h10,13,15-16H,5-9H2,1-4H3. The Morgan fingerprint density at radius 1 is 1.39 bits per heavy atom. The zero-order valence-electron chi connectivity index (χ0n) is 12.1. The Bertz CT molecular complexity index is 389. The van der Waals surface area contributed by atoms with E-state index in [-0.39, 0.29) is 0 Å². The van der Waals surface area contributed by atoms with Crippen LogP contribution >= 0.6 is 0 Å². The maximum atomic E-state index is 4.61. The van der Waals surface area contributed by atoms with Gasteiger partial charge < -0.3 is 10.6 Å². The summed E-state index contributed by atoms with van der Waals surface area (Å²) >= 11 is 0. The lowest BCUT2D eigenvalue weighted by atomic mass is 10.1. The third kappa shape index (κ3) is 2.86. The van der Waals surface area contributed by atoms with Crippen LogP contribution in [0.25, 0.3) is 0 Å². The first kappa shape index (κ1) is 13.4. The summed E-state index contributed by atoms with van der Waals surface area (Å²) in [5, 5.41) is 11.8. The molecule has 102 valence electrons. The van der Waals surface area contributed by atoms with Crippen molar-refractivity contribution in [2.24, 2.45) is 0 Å². The van der Waals surface area contributed by atoms with Gasteiger partial charge in [0.05, 0.1) is 17.1 Å². The van der Waals surface area contributed by atoms with Crippen LogP contribution in [0.5, 0.6) is 0 Å². The number of aromatic nitrogens is 2. The van der Waals surface area contributed by atoms with E-state index in [0.29, 0.717) is 12.1 Å². The molecule has 4 heteroatoms. The summed E-state index contributed by atoms with van der Waals surface area (Å²) in [7, 11) is 0. The summed E-state index contributed by atoms with van der Waals surface area (Å²) in [4.78, 5) is 0. The quantitative estimate of drug-likeness (QED) is 0.863. The van der Waals surface area contributed by atoms with Crippen LogP contribution in [-0.4, -0.2) is 28.9 Å². The number of anilines is 1. The summed E-state index contributed by atoms with van der Waals surface area (Å²) in [6, 6.07) is 1.03. The lowest BCUT2D eigenvalue weighted by molar-refractivity contribution is 0.414. The minimum absolute atomic E-state index is 0.423. The molecule has 1 atom stereocenters. The predicted molar refractivity (Wildman–Crippen MR) is 76.2 cm³/mol. The molecule has 2 rings (SSSR count). The van der Waals surface area contributed by atoms with Crippen LogP contribution in [0.1, 0.15) is 50.5 Å². The van der Waals surface area contributed by atoms with E-state index in [2.05, 4.69) is 48.1 Å². The summed E-state index contributed by atoms with van der Waals surface area (Å²) in [5.41, 5.74) is 3.58. The van der Waals surface area contributed by atoms with Crippen LogP contribution in [0.15, 0.2) is 0 Å². The molecule has 2 heterocycles. The fourth-order valence-corrected chi connectivity index (χ4v) is 2.75. The SMILES string of the molecule is Cc1nn(C(C)C)c(C)c1NCC1CCCCN1. The summed E-state index contributed by atoms with van der Waals surface area (Å²) < 4.78 is 2.10. The van der Waals surface area contributed by atoms with E-state index in [1.165, 1.54) is 30.6 Å². The fraction of sp³-hybridized carbons (Fsp3) is 0.786. The van der Waals surface area contributed by atoms with Crippen molar-refractivity contribution in [2.45, 2.75) is 59.0 Å². The topological polar surface area (TPSA) is 41.9 Å². The highest BCUT2D eigenvalue weighted by molar-refractivity contribution is 5.52. The van der Waals surface area contributed by atoms with Crippen LogP contribution in [0.2, 0.25) is 0 Å². The van der Waals surface area contributed by atoms with E-state index in [1.54, 1.807) is 0 Å². The van der Waals surface area contributed by atoms with Gasteiger partial charge in [-0.05, 0) is 47.1 Å². The highest BCUT2D eigenvalue weighted by Gasteiger charge is 2.16. The van der Waals surface area contributed by atoms with Gasteiger partial charge in [0.25, 0.3) is 0 Å².